The molecule has 0 aliphatic carbocycles. The summed E-state index contributed by atoms with van der Waals surface area (Å²) in [6, 6.07) is 2.71. The molecule has 1 saturated heterocycles. The van der Waals surface area contributed by atoms with Crippen LogP contribution in [0.1, 0.15) is 34.1 Å². The second kappa shape index (κ2) is 5.52. The van der Waals surface area contributed by atoms with Crippen LogP contribution in [0.25, 0.3) is 0 Å². The van der Waals surface area contributed by atoms with Crippen molar-refractivity contribution >= 4 is 26.2 Å². The smallest absolute Gasteiger partial charge is 0.221 e. The van der Waals surface area contributed by atoms with E-state index in [2.05, 4.69) is 53.9 Å². The van der Waals surface area contributed by atoms with Gasteiger partial charge in [-0.1, -0.05) is 25.9 Å². The minimum absolute atomic E-state index is 0.00671. The van der Waals surface area contributed by atoms with Gasteiger partial charge >= 0.3 is 0 Å². The van der Waals surface area contributed by atoms with Crippen molar-refractivity contribution < 1.29 is 8.85 Å². The predicted octanol–water partition coefficient (Wildman–Crippen LogP) is 3.47. The molecule has 0 amide bonds. The lowest BCUT2D eigenvalue weighted by atomic mass is 10.4. The normalized spacial score (nSPS) is 34.5. The fourth-order valence-electron chi connectivity index (χ4n) is 3.24. The summed E-state index contributed by atoms with van der Waals surface area (Å²) in [4.78, 5) is 0. The summed E-state index contributed by atoms with van der Waals surface area (Å²) < 4.78 is 12.9. The van der Waals surface area contributed by atoms with Gasteiger partial charge in [0.1, 0.15) is 0 Å². The summed E-state index contributed by atoms with van der Waals surface area (Å²) in [6.45, 7) is 18.5. The molecule has 18 heavy (non-hydrogen) atoms. The fourth-order valence-corrected chi connectivity index (χ4v) is 14.8. The summed E-state index contributed by atoms with van der Waals surface area (Å²) in [5.41, 5.74) is 0. The summed E-state index contributed by atoms with van der Waals surface area (Å²) in [5, 5.41) is 0.239. The Bertz CT molecular complexity index is 286. The number of hydrogen-bond donors (Lipinski definition) is 0. The molecule has 1 aliphatic rings. The monoisotopic (exact) mass is 304 g/mol. The van der Waals surface area contributed by atoms with E-state index in [1.54, 1.807) is 0 Å². The maximum absolute atomic E-state index is 6.59. The molecule has 0 aromatic rings. The molecule has 3 atom stereocenters. The minimum atomic E-state index is -1.67. The molecule has 108 valence electrons. The van der Waals surface area contributed by atoms with Crippen LogP contribution in [0.3, 0.4) is 0 Å². The maximum Gasteiger partial charge on any atom is 0.221 e. The molecule has 1 rings (SSSR count). The average Bonchev–Trinajstić information content (AvgIpc) is 2.13. The van der Waals surface area contributed by atoms with Crippen LogP contribution in [-0.2, 0) is 8.85 Å². The highest BCUT2D eigenvalue weighted by Gasteiger charge is 2.62. The van der Waals surface area contributed by atoms with Gasteiger partial charge in [-0.2, -0.15) is 0 Å². The van der Waals surface area contributed by atoms with Crippen molar-refractivity contribution in [3.05, 3.63) is 0 Å². The molecule has 0 aromatic heterocycles. The molecule has 0 bridgehead atoms. The molecule has 2 nitrogen and oxygen atoms in total. The third-order valence-electron chi connectivity index (χ3n) is 4.71. The molecule has 3 unspecified atom stereocenters. The number of hydrogen-bond acceptors (Lipinski definition) is 2. The second-order valence-electron chi connectivity index (χ2n) is 7.19. The Labute approximate surface area is 118 Å². The van der Waals surface area contributed by atoms with Gasteiger partial charge in [-0.3, -0.25) is 0 Å². The van der Waals surface area contributed by atoms with Crippen LogP contribution in [0.2, 0.25) is 38.3 Å². The fraction of sp³-hybridized carbons (Fsp3) is 1.00. The van der Waals surface area contributed by atoms with Crippen LogP contribution in [0.15, 0.2) is 0 Å². The second-order valence-corrected chi connectivity index (χ2v) is 17.3. The molecule has 0 spiro atoms. The SMILES string of the molecule is CCC[SiH](C)C1(C)C[Si](C)(C(C)(C)O[SiH](C)C)O1. The zero-order chi connectivity index (χ0) is 14.2. The Hall–Kier alpha value is 0.571. The van der Waals surface area contributed by atoms with Crippen LogP contribution < -0.4 is 0 Å². The van der Waals surface area contributed by atoms with Gasteiger partial charge in [0.15, 0.2) is 9.04 Å². The first-order chi connectivity index (χ1) is 8.06. The molecule has 1 heterocycles. The molecule has 0 radical (unpaired) electrons. The Morgan fingerprint density at radius 2 is 1.83 bits per heavy atom. The Morgan fingerprint density at radius 1 is 1.33 bits per heavy atom. The molecule has 5 heteroatoms. The van der Waals surface area contributed by atoms with Crippen molar-refractivity contribution in [2.75, 3.05) is 0 Å². The number of rotatable bonds is 6. The third-order valence-corrected chi connectivity index (χ3v) is 15.5. The summed E-state index contributed by atoms with van der Waals surface area (Å²) >= 11 is 0. The van der Waals surface area contributed by atoms with Gasteiger partial charge in [0, 0.05) is 5.22 Å². The highest BCUT2D eigenvalue weighted by molar-refractivity contribution is 6.82. The molecular weight excluding hydrogens is 272 g/mol. The van der Waals surface area contributed by atoms with Crippen LogP contribution in [0.5, 0.6) is 0 Å². The van der Waals surface area contributed by atoms with Gasteiger partial charge in [-0.25, -0.2) is 0 Å². The van der Waals surface area contributed by atoms with E-state index in [9.17, 15) is 0 Å². The van der Waals surface area contributed by atoms with E-state index in [4.69, 9.17) is 8.85 Å². The van der Waals surface area contributed by atoms with E-state index in [-0.39, 0.29) is 10.4 Å². The van der Waals surface area contributed by atoms with Gasteiger partial charge in [0.05, 0.1) is 14.0 Å². The standard InChI is InChI=1S/C13H32O2Si3/c1-9-10-17(7)13(4)11-18(8,15-13)12(2,3)14-16(5)6/h16-17H,9-11H2,1-8H3. The topological polar surface area (TPSA) is 18.5 Å². The van der Waals surface area contributed by atoms with Crippen LogP contribution >= 0.6 is 0 Å². The first-order valence-corrected chi connectivity index (χ1v) is 15.4. The lowest BCUT2D eigenvalue weighted by molar-refractivity contribution is 0.0499. The van der Waals surface area contributed by atoms with Gasteiger partial charge in [0.25, 0.3) is 0 Å². The van der Waals surface area contributed by atoms with E-state index >= 15 is 0 Å². The quantitative estimate of drug-likeness (QED) is 0.700. The summed E-state index contributed by atoms with van der Waals surface area (Å²) in [6.07, 6.45) is 1.31. The summed E-state index contributed by atoms with van der Waals surface area (Å²) in [7, 11) is -3.40. The van der Waals surface area contributed by atoms with Crippen molar-refractivity contribution in [3.8, 4) is 0 Å². The zero-order valence-electron chi connectivity index (χ0n) is 13.6. The van der Waals surface area contributed by atoms with Gasteiger partial charge < -0.3 is 8.85 Å². The van der Waals surface area contributed by atoms with Crippen molar-refractivity contribution in [2.24, 2.45) is 0 Å². The predicted molar refractivity (Wildman–Crippen MR) is 88.1 cm³/mol. The van der Waals surface area contributed by atoms with Crippen molar-refractivity contribution in [3.63, 3.8) is 0 Å². The molecule has 0 N–H and O–H groups in total. The highest BCUT2D eigenvalue weighted by Crippen LogP contribution is 2.48. The minimum Gasteiger partial charge on any atom is -0.416 e. The van der Waals surface area contributed by atoms with Crippen LogP contribution in [0, 0.1) is 0 Å². The summed E-state index contributed by atoms with van der Waals surface area (Å²) in [5.74, 6) is 0. The van der Waals surface area contributed by atoms with Gasteiger partial charge in [-0.05, 0) is 46.5 Å². The first kappa shape index (κ1) is 16.6. The maximum atomic E-state index is 6.59. The Morgan fingerprint density at radius 3 is 2.22 bits per heavy atom. The largest absolute Gasteiger partial charge is 0.416 e. The van der Waals surface area contributed by atoms with Crippen molar-refractivity contribution in [2.45, 2.75) is 82.8 Å². The van der Waals surface area contributed by atoms with Crippen molar-refractivity contribution in [1.29, 1.82) is 0 Å². The van der Waals surface area contributed by atoms with Crippen LogP contribution in [-0.4, -0.2) is 36.6 Å². The molecule has 0 saturated carbocycles. The zero-order valence-corrected chi connectivity index (χ0v) is 16.9. The third kappa shape index (κ3) is 3.18. The molecule has 1 fully saturated rings. The lowest BCUT2D eigenvalue weighted by Crippen LogP contribution is -2.74. The van der Waals surface area contributed by atoms with Crippen molar-refractivity contribution in [1.82, 2.24) is 0 Å². The average molecular weight is 305 g/mol. The molecule has 1 aliphatic heterocycles. The molecular formula is C13H32O2Si3. The van der Waals surface area contributed by atoms with E-state index in [0.717, 1.165) is 0 Å². The van der Waals surface area contributed by atoms with E-state index in [1.807, 2.05) is 0 Å². The lowest BCUT2D eigenvalue weighted by Gasteiger charge is -2.60. The van der Waals surface area contributed by atoms with E-state index in [1.165, 1.54) is 18.5 Å². The first-order valence-electron chi connectivity index (χ1n) is 7.44. The van der Waals surface area contributed by atoms with Gasteiger partial charge in [0.2, 0.25) is 8.32 Å². The van der Waals surface area contributed by atoms with E-state index < -0.39 is 26.2 Å². The van der Waals surface area contributed by atoms with Gasteiger partial charge in [-0.15, -0.1) is 0 Å². The Kier molecular flexibility index (Phi) is 5.10. The van der Waals surface area contributed by atoms with Crippen LogP contribution in [0.4, 0.5) is 0 Å². The highest BCUT2D eigenvalue weighted by atomic mass is 28.4. The Balaban J connectivity index is 2.67. The molecule has 0 aromatic carbocycles. The van der Waals surface area contributed by atoms with E-state index in [0.29, 0.717) is 0 Å².